The quantitative estimate of drug-likeness (QED) is 0.443. The van der Waals surface area contributed by atoms with Gasteiger partial charge in [0.2, 0.25) is 0 Å². The van der Waals surface area contributed by atoms with Crippen LogP contribution in [0.2, 0.25) is 0 Å². The summed E-state index contributed by atoms with van der Waals surface area (Å²) in [6.45, 7) is 1.89. The van der Waals surface area contributed by atoms with E-state index in [1.165, 1.54) is 23.1 Å². The second-order valence-electron chi connectivity index (χ2n) is 7.41. The van der Waals surface area contributed by atoms with Crippen molar-refractivity contribution < 1.29 is 22.4 Å². The number of nitrogens with zero attached hydrogens (tertiary/aromatic N) is 4. The first kappa shape index (κ1) is 22.2. The van der Waals surface area contributed by atoms with Crippen LogP contribution < -0.4 is 11.1 Å². The van der Waals surface area contributed by atoms with E-state index in [0.717, 1.165) is 23.8 Å². The molecule has 11 heteroatoms. The number of anilines is 1. The SMILES string of the molecule is Cc1nc(N)ccc1CNC(=O)c1cnn(Cc2cc(C(F)(F)F)c3cc(F)ccc3n2)c1. The van der Waals surface area contributed by atoms with Crippen LogP contribution >= 0.6 is 0 Å². The molecule has 4 aromatic rings. The molecule has 0 aliphatic heterocycles. The van der Waals surface area contributed by atoms with Crippen LogP contribution in [0.3, 0.4) is 0 Å². The summed E-state index contributed by atoms with van der Waals surface area (Å²) in [4.78, 5) is 20.8. The lowest BCUT2D eigenvalue weighted by atomic mass is 10.1. The normalized spacial score (nSPS) is 11.7. The molecule has 0 aliphatic rings. The minimum Gasteiger partial charge on any atom is -0.384 e. The van der Waals surface area contributed by atoms with Gasteiger partial charge in [-0.2, -0.15) is 18.3 Å². The van der Waals surface area contributed by atoms with Crippen LogP contribution in [0.15, 0.2) is 48.8 Å². The Bertz CT molecular complexity index is 1350. The Morgan fingerprint density at radius 2 is 1.94 bits per heavy atom. The standard InChI is InChI=1S/C22H18F4N6O/c1-12-13(2-5-20(27)30-12)8-28-21(33)14-9-29-32(10-14)11-16-7-18(22(24,25)26)17-6-15(23)3-4-19(17)31-16/h2-7,9-10H,8,11H2,1H3,(H2,27,30)(H,28,33). The number of rotatable bonds is 5. The molecule has 0 spiro atoms. The third-order valence-corrected chi connectivity index (χ3v) is 5.00. The van der Waals surface area contributed by atoms with E-state index in [-0.39, 0.29) is 35.2 Å². The molecule has 0 fully saturated rings. The number of nitrogens with two attached hydrogens (primary N) is 1. The van der Waals surface area contributed by atoms with Crippen molar-refractivity contribution in [2.75, 3.05) is 5.73 Å². The highest BCUT2D eigenvalue weighted by Gasteiger charge is 2.33. The molecule has 0 saturated heterocycles. The smallest absolute Gasteiger partial charge is 0.384 e. The maximum atomic E-state index is 13.5. The average molecular weight is 458 g/mol. The minimum atomic E-state index is -4.69. The number of benzene rings is 1. The fraction of sp³-hybridized carbons (Fsp3) is 0.182. The van der Waals surface area contributed by atoms with Crippen molar-refractivity contribution in [3.63, 3.8) is 0 Å². The van der Waals surface area contributed by atoms with Crippen LogP contribution in [0, 0.1) is 12.7 Å². The first-order chi connectivity index (χ1) is 15.6. The van der Waals surface area contributed by atoms with Crippen molar-refractivity contribution >= 4 is 22.6 Å². The Morgan fingerprint density at radius 1 is 1.15 bits per heavy atom. The molecule has 170 valence electrons. The Labute approximate surface area is 185 Å². The number of hydrogen-bond donors (Lipinski definition) is 2. The number of amides is 1. The second kappa shape index (κ2) is 8.49. The lowest BCUT2D eigenvalue weighted by Gasteiger charge is -2.12. The average Bonchev–Trinajstić information content (AvgIpc) is 3.20. The van der Waals surface area contributed by atoms with E-state index in [9.17, 15) is 22.4 Å². The van der Waals surface area contributed by atoms with Crippen LogP contribution in [-0.4, -0.2) is 25.7 Å². The lowest BCUT2D eigenvalue weighted by molar-refractivity contribution is -0.136. The van der Waals surface area contributed by atoms with E-state index in [2.05, 4.69) is 20.4 Å². The lowest BCUT2D eigenvalue weighted by Crippen LogP contribution is -2.23. The highest BCUT2D eigenvalue weighted by molar-refractivity contribution is 5.93. The van der Waals surface area contributed by atoms with Gasteiger partial charge in [0.25, 0.3) is 5.91 Å². The van der Waals surface area contributed by atoms with Gasteiger partial charge in [0.15, 0.2) is 0 Å². The molecule has 33 heavy (non-hydrogen) atoms. The third kappa shape index (κ3) is 4.92. The van der Waals surface area contributed by atoms with Crippen LogP contribution in [-0.2, 0) is 19.3 Å². The van der Waals surface area contributed by atoms with Crippen LogP contribution in [0.1, 0.15) is 32.9 Å². The summed E-state index contributed by atoms with van der Waals surface area (Å²) in [5.74, 6) is -0.810. The number of nitrogen functional groups attached to an aromatic ring is 1. The molecule has 0 radical (unpaired) electrons. The number of pyridine rings is 2. The summed E-state index contributed by atoms with van der Waals surface area (Å²) in [5.41, 5.74) is 6.43. The molecule has 1 amide bonds. The van der Waals surface area contributed by atoms with Gasteiger partial charge in [0, 0.05) is 23.8 Å². The first-order valence-corrected chi connectivity index (χ1v) is 9.79. The summed E-state index contributed by atoms with van der Waals surface area (Å²) >= 11 is 0. The molecular formula is C22H18F4N6O. The Hall–Kier alpha value is -4.02. The fourth-order valence-corrected chi connectivity index (χ4v) is 3.38. The molecule has 1 aromatic carbocycles. The topological polar surface area (TPSA) is 98.7 Å². The van der Waals surface area contributed by atoms with E-state index in [1.54, 1.807) is 19.1 Å². The predicted octanol–water partition coefficient (Wildman–Crippen LogP) is 3.85. The largest absolute Gasteiger partial charge is 0.417 e. The highest BCUT2D eigenvalue weighted by atomic mass is 19.4. The van der Waals surface area contributed by atoms with Gasteiger partial charge in [-0.15, -0.1) is 0 Å². The molecule has 7 nitrogen and oxygen atoms in total. The van der Waals surface area contributed by atoms with Crippen LogP contribution in [0.5, 0.6) is 0 Å². The van der Waals surface area contributed by atoms with Crippen molar-refractivity contribution in [2.24, 2.45) is 0 Å². The highest BCUT2D eigenvalue weighted by Crippen LogP contribution is 2.35. The van der Waals surface area contributed by atoms with Crippen LogP contribution in [0.25, 0.3) is 10.9 Å². The Morgan fingerprint density at radius 3 is 2.67 bits per heavy atom. The fourth-order valence-electron chi connectivity index (χ4n) is 3.38. The predicted molar refractivity (Wildman–Crippen MR) is 113 cm³/mol. The zero-order valence-corrected chi connectivity index (χ0v) is 17.3. The molecule has 3 N–H and O–H groups in total. The number of carbonyl (C=O) groups is 1. The van der Waals surface area contributed by atoms with Crippen molar-refractivity contribution in [1.82, 2.24) is 25.1 Å². The molecular weight excluding hydrogens is 440 g/mol. The van der Waals surface area contributed by atoms with Gasteiger partial charge in [-0.3, -0.25) is 14.5 Å². The van der Waals surface area contributed by atoms with Gasteiger partial charge in [0.05, 0.1) is 35.1 Å². The summed E-state index contributed by atoms with van der Waals surface area (Å²) in [6.07, 6.45) is -1.97. The van der Waals surface area contributed by atoms with Gasteiger partial charge < -0.3 is 11.1 Å². The number of fused-ring (bicyclic) bond motifs is 1. The van der Waals surface area contributed by atoms with E-state index in [1.807, 2.05) is 0 Å². The van der Waals surface area contributed by atoms with Gasteiger partial charge >= 0.3 is 6.18 Å². The summed E-state index contributed by atoms with van der Waals surface area (Å²) in [7, 11) is 0. The molecule has 0 bridgehead atoms. The van der Waals surface area contributed by atoms with Gasteiger partial charge in [0.1, 0.15) is 11.6 Å². The maximum Gasteiger partial charge on any atom is 0.417 e. The Balaban J connectivity index is 1.52. The summed E-state index contributed by atoms with van der Waals surface area (Å²) in [6, 6.07) is 7.31. The number of alkyl halides is 3. The molecule has 4 rings (SSSR count). The number of hydrogen-bond acceptors (Lipinski definition) is 5. The number of nitrogens with one attached hydrogen (secondary N) is 1. The van der Waals surface area contributed by atoms with Gasteiger partial charge in [-0.05, 0) is 42.8 Å². The molecule has 3 aromatic heterocycles. The summed E-state index contributed by atoms with van der Waals surface area (Å²) in [5, 5.41) is 6.47. The number of carbonyl (C=O) groups excluding carboxylic acids is 1. The molecule has 0 atom stereocenters. The Kier molecular flexibility index (Phi) is 5.71. The van der Waals surface area contributed by atoms with Gasteiger partial charge in [-0.25, -0.2) is 9.37 Å². The van der Waals surface area contributed by atoms with Gasteiger partial charge in [-0.1, -0.05) is 6.07 Å². The van der Waals surface area contributed by atoms with Crippen molar-refractivity contribution in [1.29, 1.82) is 0 Å². The number of aryl methyl sites for hydroxylation is 1. The summed E-state index contributed by atoms with van der Waals surface area (Å²) < 4.78 is 55.3. The zero-order chi connectivity index (χ0) is 23.8. The number of aromatic nitrogens is 4. The van der Waals surface area contributed by atoms with E-state index >= 15 is 0 Å². The molecule has 0 saturated carbocycles. The van der Waals surface area contributed by atoms with Crippen molar-refractivity contribution in [2.45, 2.75) is 26.2 Å². The van der Waals surface area contributed by atoms with E-state index in [4.69, 9.17) is 5.73 Å². The van der Waals surface area contributed by atoms with Crippen LogP contribution in [0.4, 0.5) is 23.4 Å². The van der Waals surface area contributed by atoms with E-state index in [0.29, 0.717) is 11.5 Å². The molecule has 0 unspecified atom stereocenters. The van der Waals surface area contributed by atoms with Crippen molar-refractivity contribution in [3.8, 4) is 0 Å². The second-order valence-corrected chi connectivity index (χ2v) is 7.41. The van der Waals surface area contributed by atoms with E-state index < -0.39 is 23.5 Å². The monoisotopic (exact) mass is 458 g/mol. The van der Waals surface area contributed by atoms with Crippen molar-refractivity contribution in [3.05, 3.63) is 82.7 Å². The zero-order valence-electron chi connectivity index (χ0n) is 17.3. The molecule has 3 heterocycles. The first-order valence-electron chi connectivity index (χ1n) is 9.79. The third-order valence-electron chi connectivity index (χ3n) is 5.00. The maximum absolute atomic E-state index is 13.5. The minimum absolute atomic E-state index is 0.0128. The number of halogens is 4. The molecule has 0 aliphatic carbocycles.